The zero-order valence-electron chi connectivity index (χ0n) is 22.3. The van der Waals surface area contributed by atoms with Gasteiger partial charge in [0.05, 0.1) is 24.1 Å². The van der Waals surface area contributed by atoms with Crippen LogP contribution in [0.3, 0.4) is 0 Å². The predicted octanol–water partition coefficient (Wildman–Crippen LogP) is 3.42. The van der Waals surface area contributed by atoms with E-state index in [9.17, 15) is 13.2 Å². The maximum Gasteiger partial charge on any atom is 0.333 e. The smallest absolute Gasteiger partial charge is 0.333 e. The summed E-state index contributed by atoms with van der Waals surface area (Å²) < 4.78 is 44.8. The Labute approximate surface area is 225 Å². The van der Waals surface area contributed by atoms with Crippen molar-refractivity contribution >= 4 is 39.9 Å². The molecule has 0 spiro atoms. The van der Waals surface area contributed by atoms with Crippen molar-refractivity contribution in [3.05, 3.63) is 47.4 Å². The number of hydrogen-bond donors (Lipinski definition) is 1. The third-order valence-electron chi connectivity index (χ3n) is 6.10. The monoisotopic (exact) mass is 552 g/mol. The van der Waals surface area contributed by atoms with Crippen molar-refractivity contribution in [2.75, 3.05) is 27.9 Å². The predicted molar refractivity (Wildman–Crippen MR) is 147 cm³/mol. The van der Waals surface area contributed by atoms with Crippen LogP contribution in [0.4, 0.5) is 0 Å². The van der Waals surface area contributed by atoms with E-state index >= 15 is 0 Å². The van der Waals surface area contributed by atoms with Crippen molar-refractivity contribution in [2.45, 2.75) is 57.1 Å². The van der Waals surface area contributed by atoms with Crippen molar-refractivity contribution in [1.29, 1.82) is 0 Å². The minimum Gasteiger partial charge on any atom is -0.497 e. The van der Waals surface area contributed by atoms with Gasteiger partial charge in [0.1, 0.15) is 17.2 Å². The number of nitrogens with one attached hydrogen (secondary N) is 1. The molecule has 0 aliphatic carbocycles. The highest BCUT2D eigenvalue weighted by molar-refractivity contribution is 7.91. The number of thiocarbonyl (C=S) groups is 1. The lowest BCUT2D eigenvalue weighted by atomic mass is 9.86. The maximum atomic E-state index is 13.8. The summed E-state index contributed by atoms with van der Waals surface area (Å²) in [6, 6.07) is 4.29. The molecule has 0 fully saturated rings. The van der Waals surface area contributed by atoms with Gasteiger partial charge >= 0.3 is 5.97 Å². The molecule has 0 saturated heterocycles. The lowest BCUT2D eigenvalue weighted by Gasteiger charge is -2.43. The number of methoxy groups -OCH3 is 2. The van der Waals surface area contributed by atoms with Gasteiger partial charge in [-0.3, -0.25) is 5.01 Å². The molecule has 1 aromatic carbocycles. The topological polar surface area (TPSA) is 110 Å². The molecule has 10 nitrogen and oxygen atoms in total. The van der Waals surface area contributed by atoms with Crippen molar-refractivity contribution in [2.24, 2.45) is 4.99 Å². The normalized spacial score (nSPS) is 17.4. The van der Waals surface area contributed by atoms with Crippen LogP contribution in [0.15, 0.2) is 57.3 Å². The van der Waals surface area contributed by atoms with Gasteiger partial charge in [-0.2, -0.15) is 0 Å². The van der Waals surface area contributed by atoms with Crippen LogP contribution in [-0.2, 0) is 24.3 Å². The summed E-state index contributed by atoms with van der Waals surface area (Å²) in [4.78, 5) is 17.9. The second-order valence-corrected chi connectivity index (χ2v) is 10.3. The molecule has 204 valence electrons. The summed E-state index contributed by atoms with van der Waals surface area (Å²) in [6.45, 7) is 7.18. The number of esters is 1. The molecule has 0 amide bonds. The standard InChI is InChI=1S/C25H36N4O6S2/c1-8-10-11-22-27-16-21(18(3)29(22)26-5)25(4,34-7)23(24(30)35-9-2)28(17-36)37(31,32)20-14-12-19(33-6)13-15-20/h11-17,23,26H,8-10H2,1-7H3/b22-11-. The van der Waals surface area contributed by atoms with E-state index in [1.807, 2.05) is 13.0 Å². The van der Waals surface area contributed by atoms with Crippen LogP contribution >= 0.6 is 12.2 Å². The largest absolute Gasteiger partial charge is 0.497 e. The SMILES string of the molecule is CCC/C=C1/N=CC(C(C)(OC)C(C(=O)OCC)N(C=S)S(=O)(=O)c2ccc(OC)cc2)=C(C)N1NC. The van der Waals surface area contributed by atoms with Crippen LogP contribution in [0.1, 0.15) is 40.5 Å². The van der Waals surface area contributed by atoms with Crippen LogP contribution < -0.4 is 10.2 Å². The molecule has 1 aliphatic rings. The Bertz CT molecular complexity index is 1160. The maximum absolute atomic E-state index is 13.8. The third-order valence-corrected chi connectivity index (χ3v) is 8.20. The van der Waals surface area contributed by atoms with Gasteiger partial charge in [-0.1, -0.05) is 25.6 Å². The molecular weight excluding hydrogens is 516 g/mol. The van der Waals surface area contributed by atoms with E-state index in [2.05, 4.69) is 17.3 Å². The van der Waals surface area contributed by atoms with E-state index in [0.29, 0.717) is 22.8 Å². The molecule has 1 aromatic rings. The zero-order valence-corrected chi connectivity index (χ0v) is 24.0. The number of carbonyl (C=O) groups is 1. The number of hydrazine groups is 1. The van der Waals surface area contributed by atoms with Crippen molar-refractivity contribution in [3.8, 4) is 5.75 Å². The first-order valence-electron chi connectivity index (χ1n) is 11.8. The molecule has 2 atom stereocenters. The molecule has 0 bridgehead atoms. The molecule has 1 heterocycles. The van der Waals surface area contributed by atoms with E-state index in [0.717, 1.165) is 22.6 Å². The van der Waals surface area contributed by atoms with E-state index in [1.54, 1.807) is 32.1 Å². The summed E-state index contributed by atoms with van der Waals surface area (Å²) in [5, 5.41) is 1.75. The molecule has 37 heavy (non-hydrogen) atoms. The van der Waals surface area contributed by atoms with Crippen molar-refractivity contribution in [3.63, 3.8) is 0 Å². The van der Waals surface area contributed by atoms with E-state index in [1.165, 1.54) is 38.5 Å². The van der Waals surface area contributed by atoms with E-state index < -0.39 is 27.6 Å². The van der Waals surface area contributed by atoms with E-state index in [-0.39, 0.29) is 11.5 Å². The summed E-state index contributed by atoms with van der Waals surface area (Å²) in [5.41, 5.74) is 3.62. The van der Waals surface area contributed by atoms with Crippen LogP contribution in [0, 0.1) is 0 Å². The molecule has 1 N–H and O–H groups in total. The minimum absolute atomic E-state index is 0.0294. The van der Waals surface area contributed by atoms with Crippen LogP contribution in [-0.4, -0.2) is 74.9 Å². The Morgan fingerprint density at radius 1 is 1.27 bits per heavy atom. The molecule has 12 heteroatoms. The highest BCUT2D eigenvalue weighted by Crippen LogP contribution is 2.36. The van der Waals surface area contributed by atoms with Crippen LogP contribution in [0.2, 0.25) is 0 Å². The number of allylic oxidation sites excluding steroid dienone is 2. The first-order chi connectivity index (χ1) is 17.6. The number of nitrogens with zero attached hydrogens (tertiary/aromatic N) is 3. The molecule has 2 rings (SSSR count). The average Bonchev–Trinajstić information content (AvgIpc) is 2.89. The number of aliphatic imine (C=N–C) groups is 1. The molecular formula is C25H36N4O6S2. The van der Waals surface area contributed by atoms with E-state index in [4.69, 9.17) is 26.4 Å². The molecule has 0 saturated carbocycles. The van der Waals surface area contributed by atoms with Gasteiger partial charge in [-0.05, 0) is 57.5 Å². The Balaban J connectivity index is 2.73. The first-order valence-corrected chi connectivity index (χ1v) is 13.8. The fraction of sp³-hybridized carbons (Fsp3) is 0.480. The number of carbonyl (C=O) groups excluding carboxylic acids is 1. The Kier molecular flexibility index (Phi) is 10.8. The molecule has 0 aromatic heterocycles. The van der Waals surface area contributed by atoms with Crippen LogP contribution in [0.25, 0.3) is 0 Å². The quantitative estimate of drug-likeness (QED) is 0.291. The zero-order chi connectivity index (χ0) is 27.8. The molecule has 2 unspecified atom stereocenters. The number of benzene rings is 1. The van der Waals surface area contributed by atoms with Gasteiger partial charge in [0.2, 0.25) is 0 Å². The summed E-state index contributed by atoms with van der Waals surface area (Å²) in [6.07, 6.45) is 5.33. The Hall–Kier alpha value is -2.80. The first kappa shape index (κ1) is 30.4. The summed E-state index contributed by atoms with van der Waals surface area (Å²) in [7, 11) is 0.318. The highest BCUT2D eigenvalue weighted by Gasteiger charge is 2.51. The summed E-state index contributed by atoms with van der Waals surface area (Å²) >= 11 is 5.16. The fourth-order valence-electron chi connectivity index (χ4n) is 4.05. The third kappa shape index (κ3) is 6.20. The fourth-order valence-corrected chi connectivity index (χ4v) is 5.91. The number of ether oxygens (including phenoxy) is 3. The van der Waals surface area contributed by atoms with Crippen molar-refractivity contribution in [1.82, 2.24) is 14.7 Å². The van der Waals surface area contributed by atoms with Gasteiger partial charge in [0, 0.05) is 31.6 Å². The highest BCUT2D eigenvalue weighted by atomic mass is 32.2. The van der Waals surface area contributed by atoms with Crippen molar-refractivity contribution < 1.29 is 27.4 Å². The van der Waals surface area contributed by atoms with Gasteiger partial charge in [-0.25, -0.2) is 27.9 Å². The summed E-state index contributed by atoms with van der Waals surface area (Å²) in [5.74, 6) is 0.339. The Morgan fingerprint density at radius 2 is 1.92 bits per heavy atom. The van der Waals surface area contributed by atoms with Gasteiger partial charge in [-0.15, -0.1) is 0 Å². The second-order valence-electron chi connectivity index (χ2n) is 8.25. The average molecular weight is 553 g/mol. The lowest BCUT2D eigenvalue weighted by Crippen LogP contribution is -2.60. The van der Waals surface area contributed by atoms with Gasteiger partial charge in [0.25, 0.3) is 10.0 Å². The number of unbranched alkanes of at least 4 members (excludes halogenated alkanes) is 1. The Morgan fingerprint density at radius 3 is 2.41 bits per heavy atom. The number of sulfonamides is 1. The molecule has 0 radical (unpaired) electrons. The lowest BCUT2D eigenvalue weighted by molar-refractivity contribution is -0.154. The number of hydrogen-bond acceptors (Lipinski definition) is 10. The van der Waals surface area contributed by atoms with Gasteiger partial charge in [0.15, 0.2) is 6.04 Å². The molecule has 1 aliphatic heterocycles. The second kappa shape index (κ2) is 13.1. The number of rotatable bonds is 13. The van der Waals surface area contributed by atoms with Gasteiger partial charge < -0.3 is 14.2 Å². The minimum atomic E-state index is -4.30. The van der Waals surface area contributed by atoms with Crippen LogP contribution in [0.5, 0.6) is 5.75 Å².